The molecule has 1 heterocycles. The number of aromatic nitrogens is 2. The number of nitrogens with one attached hydrogen (secondary N) is 1. The summed E-state index contributed by atoms with van der Waals surface area (Å²) >= 11 is 0. The van der Waals surface area contributed by atoms with E-state index in [9.17, 15) is 18.0 Å². The monoisotopic (exact) mass is 418 g/mol. The zero-order chi connectivity index (χ0) is 21.7. The van der Waals surface area contributed by atoms with Gasteiger partial charge in [-0.2, -0.15) is 0 Å². The van der Waals surface area contributed by atoms with Crippen LogP contribution in [0.5, 0.6) is 5.75 Å². The number of carbonyl (C=O) groups is 1. The molecule has 0 aliphatic rings. The zero-order valence-electron chi connectivity index (χ0n) is 16.4. The number of nitrogens with zero attached hydrogens (tertiary/aromatic N) is 3. The Morgan fingerprint density at radius 3 is 2.53 bits per heavy atom. The number of hydrogen-bond donors (Lipinski definition) is 1. The van der Waals surface area contributed by atoms with Crippen LogP contribution in [0, 0.1) is 0 Å². The van der Waals surface area contributed by atoms with E-state index in [1.54, 1.807) is 18.6 Å². The number of para-hydroxylation sites is 1. The number of rotatable bonds is 6. The first-order valence-electron chi connectivity index (χ1n) is 9.16. The van der Waals surface area contributed by atoms with Crippen molar-refractivity contribution >= 4 is 6.03 Å². The van der Waals surface area contributed by atoms with Crippen molar-refractivity contribution in [2.75, 3.05) is 7.05 Å². The van der Waals surface area contributed by atoms with E-state index in [1.807, 2.05) is 42.0 Å². The lowest BCUT2D eigenvalue weighted by atomic mass is 10.1. The molecule has 0 aliphatic carbocycles. The van der Waals surface area contributed by atoms with Gasteiger partial charge < -0.3 is 19.5 Å². The summed E-state index contributed by atoms with van der Waals surface area (Å²) in [6.07, 6.45) is 0.407. The van der Waals surface area contributed by atoms with Crippen LogP contribution in [-0.2, 0) is 6.54 Å². The maximum Gasteiger partial charge on any atom is 0.573 e. The number of alkyl halides is 3. The third-order valence-corrected chi connectivity index (χ3v) is 4.49. The van der Waals surface area contributed by atoms with Crippen molar-refractivity contribution in [1.82, 2.24) is 19.8 Å². The van der Waals surface area contributed by atoms with E-state index in [1.165, 1.54) is 30.1 Å². The summed E-state index contributed by atoms with van der Waals surface area (Å²) < 4.78 is 43.6. The molecule has 1 N–H and O–H groups in total. The molecule has 0 radical (unpaired) electrons. The second-order valence-electron chi connectivity index (χ2n) is 6.74. The van der Waals surface area contributed by atoms with Crippen LogP contribution in [0.4, 0.5) is 18.0 Å². The standard InChI is InChI=1S/C21H21F3N4O2/c1-15(16-7-9-18(10-8-16)28-12-11-25-14-28)26-20(29)27(2)13-17-5-3-4-6-19(17)30-21(22,23)24/h3-12,14-15H,13H2,1-2H3,(H,26,29)/t15-/m0/s1. The van der Waals surface area contributed by atoms with Gasteiger partial charge in [0.05, 0.1) is 18.9 Å². The highest BCUT2D eigenvalue weighted by Crippen LogP contribution is 2.27. The van der Waals surface area contributed by atoms with Gasteiger partial charge in [0.2, 0.25) is 0 Å². The lowest BCUT2D eigenvalue weighted by Gasteiger charge is -2.23. The molecule has 3 aromatic rings. The first-order valence-corrected chi connectivity index (χ1v) is 9.16. The van der Waals surface area contributed by atoms with Crippen LogP contribution in [0.1, 0.15) is 24.1 Å². The molecule has 2 aromatic carbocycles. The van der Waals surface area contributed by atoms with E-state index >= 15 is 0 Å². The Hall–Kier alpha value is -3.49. The van der Waals surface area contributed by atoms with Crippen LogP contribution >= 0.6 is 0 Å². The average molecular weight is 418 g/mol. The minimum atomic E-state index is -4.80. The first kappa shape index (κ1) is 21.2. The summed E-state index contributed by atoms with van der Waals surface area (Å²) in [6, 6.07) is 12.7. The Balaban J connectivity index is 1.62. The fraction of sp³-hybridized carbons (Fsp3) is 0.238. The van der Waals surface area contributed by atoms with E-state index in [4.69, 9.17) is 0 Å². The minimum Gasteiger partial charge on any atom is -0.405 e. The SMILES string of the molecule is C[C@H](NC(=O)N(C)Cc1ccccc1OC(F)(F)F)c1ccc(-n2ccnc2)cc1. The Labute approximate surface area is 171 Å². The number of hydrogen-bond acceptors (Lipinski definition) is 3. The Bertz CT molecular complexity index is 973. The summed E-state index contributed by atoms with van der Waals surface area (Å²) in [5, 5.41) is 2.84. The molecule has 158 valence electrons. The van der Waals surface area contributed by atoms with E-state index in [0.717, 1.165) is 11.3 Å². The van der Waals surface area contributed by atoms with Gasteiger partial charge in [0.1, 0.15) is 5.75 Å². The van der Waals surface area contributed by atoms with E-state index in [-0.39, 0.29) is 23.9 Å². The third kappa shape index (κ3) is 5.53. The number of carbonyl (C=O) groups excluding carboxylic acids is 1. The molecule has 9 heteroatoms. The van der Waals surface area contributed by atoms with Crippen LogP contribution < -0.4 is 10.1 Å². The van der Waals surface area contributed by atoms with Gasteiger partial charge in [-0.15, -0.1) is 13.2 Å². The molecular weight excluding hydrogens is 397 g/mol. The first-order chi connectivity index (χ1) is 14.2. The summed E-state index contributed by atoms with van der Waals surface area (Å²) in [4.78, 5) is 17.8. The molecule has 30 heavy (non-hydrogen) atoms. The highest BCUT2D eigenvalue weighted by molar-refractivity contribution is 5.74. The molecule has 1 atom stereocenters. The molecule has 0 aliphatic heterocycles. The summed E-state index contributed by atoms with van der Waals surface area (Å²) in [6.45, 7) is 1.79. The van der Waals surface area contributed by atoms with Gasteiger partial charge in [0.25, 0.3) is 0 Å². The summed E-state index contributed by atoms with van der Waals surface area (Å²) in [5.74, 6) is -0.326. The average Bonchev–Trinajstić information content (AvgIpc) is 3.23. The Kier molecular flexibility index (Phi) is 6.29. The second-order valence-corrected chi connectivity index (χ2v) is 6.74. The van der Waals surface area contributed by atoms with Crippen molar-refractivity contribution in [1.29, 1.82) is 0 Å². The van der Waals surface area contributed by atoms with Gasteiger partial charge in [0, 0.05) is 30.7 Å². The lowest BCUT2D eigenvalue weighted by molar-refractivity contribution is -0.275. The van der Waals surface area contributed by atoms with Crippen molar-refractivity contribution < 1.29 is 22.7 Å². The van der Waals surface area contributed by atoms with Gasteiger partial charge in [-0.05, 0) is 30.7 Å². The number of ether oxygens (including phenoxy) is 1. The van der Waals surface area contributed by atoms with Gasteiger partial charge >= 0.3 is 12.4 Å². The number of halogens is 3. The normalized spacial score (nSPS) is 12.3. The molecule has 0 fully saturated rings. The molecule has 0 saturated carbocycles. The quantitative estimate of drug-likeness (QED) is 0.633. The van der Waals surface area contributed by atoms with Gasteiger partial charge in [-0.3, -0.25) is 0 Å². The molecule has 6 nitrogen and oxygen atoms in total. The maximum absolute atomic E-state index is 12.6. The smallest absolute Gasteiger partial charge is 0.405 e. The fourth-order valence-electron chi connectivity index (χ4n) is 2.91. The zero-order valence-corrected chi connectivity index (χ0v) is 16.4. The van der Waals surface area contributed by atoms with Crippen molar-refractivity contribution in [2.45, 2.75) is 25.9 Å². The maximum atomic E-state index is 12.6. The van der Waals surface area contributed by atoms with Gasteiger partial charge in [-0.1, -0.05) is 30.3 Å². The Morgan fingerprint density at radius 2 is 1.90 bits per heavy atom. The number of imidazole rings is 1. The second kappa shape index (κ2) is 8.89. The third-order valence-electron chi connectivity index (χ3n) is 4.49. The van der Waals surface area contributed by atoms with Crippen LogP contribution in [0.3, 0.4) is 0 Å². The van der Waals surface area contributed by atoms with Gasteiger partial charge in [0.15, 0.2) is 0 Å². The fourth-order valence-corrected chi connectivity index (χ4v) is 2.91. The predicted octanol–water partition coefficient (Wildman–Crippen LogP) is 4.67. The highest BCUT2D eigenvalue weighted by Gasteiger charge is 2.32. The highest BCUT2D eigenvalue weighted by atomic mass is 19.4. The van der Waals surface area contributed by atoms with Crippen LogP contribution in [0.25, 0.3) is 5.69 Å². The van der Waals surface area contributed by atoms with Crippen LogP contribution in [0.2, 0.25) is 0 Å². The molecule has 0 spiro atoms. The predicted molar refractivity (Wildman–Crippen MR) is 105 cm³/mol. The van der Waals surface area contributed by atoms with Crippen LogP contribution in [-0.4, -0.2) is 33.9 Å². The molecule has 0 unspecified atom stereocenters. The molecule has 0 saturated heterocycles. The molecule has 0 bridgehead atoms. The topological polar surface area (TPSA) is 59.4 Å². The number of benzene rings is 2. The molecule has 3 rings (SSSR count). The largest absolute Gasteiger partial charge is 0.573 e. The van der Waals surface area contributed by atoms with Gasteiger partial charge in [-0.25, -0.2) is 9.78 Å². The number of amides is 2. The molecule has 2 amide bonds. The summed E-state index contributed by atoms with van der Waals surface area (Å²) in [5.41, 5.74) is 2.08. The molecular formula is C21H21F3N4O2. The number of urea groups is 1. The van der Waals surface area contributed by atoms with Crippen LogP contribution in [0.15, 0.2) is 67.3 Å². The van der Waals surface area contributed by atoms with E-state index in [0.29, 0.717) is 0 Å². The lowest BCUT2D eigenvalue weighted by Crippen LogP contribution is -2.38. The summed E-state index contributed by atoms with van der Waals surface area (Å²) in [7, 11) is 1.51. The van der Waals surface area contributed by atoms with Crippen molar-refractivity contribution in [2.24, 2.45) is 0 Å². The van der Waals surface area contributed by atoms with E-state index < -0.39 is 12.4 Å². The Morgan fingerprint density at radius 1 is 1.20 bits per heavy atom. The molecule has 1 aromatic heterocycles. The van der Waals surface area contributed by atoms with E-state index in [2.05, 4.69) is 15.0 Å². The minimum absolute atomic E-state index is 0.0373. The van der Waals surface area contributed by atoms with Crippen molar-refractivity contribution in [3.05, 3.63) is 78.4 Å². The van der Waals surface area contributed by atoms with Crippen molar-refractivity contribution in [3.8, 4) is 11.4 Å². The van der Waals surface area contributed by atoms with Crippen molar-refractivity contribution in [3.63, 3.8) is 0 Å².